The fourth-order valence-electron chi connectivity index (χ4n) is 2.26. The van der Waals surface area contributed by atoms with E-state index in [4.69, 9.17) is 0 Å². The van der Waals surface area contributed by atoms with Crippen LogP contribution in [-0.4, -0.2) is 17.9 Å². The van der Waals surface area contributed by atoms with Crippen molar-refractivity contribution in [3.8, 4) is 0 Å². The number of hydrogen-bond acceptors (Lipinski definition) is 3. The van der Waals surface area contributed by atoms with E-state index in [1.54, 1.807) is 0 Å². The molecule has 0 aliphatic heterocycles. The van der Waals surface area contributed by atoms with Crippen LogP contribution in [0.25, 0.3) is 0 Å². The Morgan fingerprint density at radius 3 is 2.13 bits per heavy atom. The van der Waals surface area contributed by atoms with Gasteiger partial charge in [-0.2, -0.15) is 0 Å². The molecule has 0 aromatic heterocycles. The molecule has 15 heavy (non-hydrogen) atoms. The lowest BCUT2D eigenvalue weighted by atomic mass is 9.78. The van der Waals surface area contributed by atoms with Crippen LogP contribution in [0.3, 0.4) is 0 Å². The van der Waals surface area contributed by atoms with Crippen LogP contribution in [0.15, 0.2) is 0 Å². The van der Waals surface area contributed by atoms with E-state index in [9.17, 15) is 14.7 Å². The molecule has 0 bridgehead atoms. The Hall–Kier alpha value is -1.06. The molecule has 0 saturated heterocycles. The summed E-state index contributed by atoms with van der Waals surface area (Å²) in [5, 5.41) is 13.8. The third-order valence-corrected chi connectivity index (χ3v) is 3.33. The molecule has 2 aliphatic carbocycles. The minimum absolute atomic E-state index is 0.0774. The summed E-state index contributed by atoms with van der Waals surface area (Å²) in [6.07, 6.45) is 5.20. The molecule has 2 rings (SSSR count). The van der Waals surface area contributed by atoms with Crippen LogP contribution in [0.1, 0.15) is 38.5 Å². The van der Waals surface area contributed by atoms with Gasteiger partial charge in [0.05, 0.1) is 0 Å². The lowest BCUT2D eigenvalue weighted by Crippen LogP contribution is -2.45. The second-order valence-corrected chi connectivity index (χ2v) is 4.60. The van der Waals surface area contributed by atoms with Crippen LogP contribution in [0.2, 0.25) is 0 Å². The predicted octanol–water partition coefficient (Wildman–Crippen LogP) is -0.179. The normalized spacial score (nSPS) is 30.9. The highest BCUT2D eigenvalue weighted by atomic mass is 16.4. The molecule has 4 nitrogen and oxygen atoms in total. The fraction of sp³-hybridized carbons (Fsp3) is 0.818. The molecule has 1 N–H and O–H groups in total. The molecule has 2 saturated carbocycles. The average molecular weight is 210 g/mol. The number of carbonyl (C=O) groups is 2. The first-order valence-electron chi connectivity index (χ1n) is 5.69. The van der Waals surface area contributed by atoms with E-state index in [1.165, 1.54) is 0 Å². The first-order valence-corrected chi connectivity index (χ1v) is 5.69. The average Bonchev–Trinajstić information content (AvgIpc) is 3.01. The molecule has 0 aromatic rings. The second-order valence-electron chi connectivity index (χ2n) is 4.60. The number of carbonyl (C=O) groups excluding carboxylic acids is 2. The van der Waals surface area contributed by atoms with E-state index < -0.39 is 11.9 Å². The Morgan fingerprint density at radius 2 is 1.60 bits per heavy atom. The van der Waals surface area contributed by atoms with Gasteiger partial charge in [0.15, 0.2) is 0 Å². The minimum atomic E-state index is -1.06. The Balaban J connectivity index is 1.96. The largest absolute Gasteiger partial charge is 0.550 e. The van der Waals surface area contributed by atoms with Gasteiger partial charge in [0.25, 0.3) is 0 Å². The molecule has 0 unspecified atom stereocenters. The summed E-state index contributed by atoms with van der Waals surface area (Å²) >= 11 is 0. The van der Waals surface area contributed by atoms with Crippen LogP contribution in [0, 0.1) is 11.8 Å². The molecule has 2 fully saturated rings. The molecular formula is C11H16NO3-. The molecule has 2 aliphatic rings. The smallest absolute Gasteiger partial charge is 0.223 e. The van der Waals surface area contributed by atoms with Crippen molar-refractivity contribution in [2.24, 2.45) is 11.8 Å². The standard InChI is InChI=1S/C11H17NO3/c13-10(12-7-5-6-7)8-3-1-2-4-9(8)11(14)15/h7-9H,1-6H2,(H,12,13)(H,14,15)/p-1/t8-,9+/m0/s1. The number of rotatable bonds is 3. The fourth-order valence-corrected chi connectivity index (χ4v) is 2.26. The van der Waals surface area contributed by atoms with Gasteiger partial charge in [-0.05, 0) is 25.7 Å². The number of carboxylic acids is 1. The molecule has 2 atom stereocenters. The number of aliphatic carboxylic acids is 1. The van der Waals surface area contributed by atoms with Crippen molar-refractivity contribution in [3.05, 3.63) is 0 Å². The van der Waals surface area contributed by atoms with Crippen molar-refractivity contribution < 1.29 is 14.7 Å². The zero-order valence-corrected chi connectivity index (χ0v) is 8.70. The van der Waals surface area contributed by atoms with Gasteiger partial charge in [0.1, 0.15) is 0 Å². The van der Waals surface area contributed by atoms with Gasteiger partial charge in [-0.3, -0.25) is 4.79 Å². The lowest BCUT2D eigenvalue weighted by molar-refractivity contribution is -0.314. The topological polar surface area (TPSA) is 69.2 Å². The van der Waals surface area contributed by atoms with Crippen LogP contribution in [0.4, 0.5) is 0 Å². The Kier molecular flexibility index (Phi) is 2.93. The van der Waals surface area contributed by atoms with Crippen LogP contribution in [0.5, 0.6) is 0 Å². The zero-order chi connectivity index (χ0) is 10.8. The van der Waals surface area contributed by atoms with E-state index in [0.717, 1.165) is 25.7 Å². The summed E-state index contributed by atoms with van der Waals surface area (Å²) in [7, 11) is 0. The summed E-state index contributed by atoms with van der Waals surface area (Å²) in [6, 6.07) is 0.307. The molecular weight excluding hydrogens is 194 g/mol. The van der Waals surface area contributed by atoms with Gasteiger partial charge in [-0.1, -0.05) is 12.8 Å². The zero-order valence-electron chi connectivity index (χ0n) is 8.70. The van der Waals surface area contributed by atoms with Crippen molar-refractivity contribution >= 4 is 11.9 Å². The second kappa shape index (κ2) is 4.21. The Bertz CT molecular complexity index is 273. The maximum absolute atomic E-state index is 11.8. The van der Waals surface area contributed by atoms with Gasteiger partial charge >= 0.3 is 0 Å². The number of carboxylic acid groups (broad SMARTS) is 1. The van der Waals surface area contributed by atoms with Gasteiger partial charge in [-0.15, -0.1) is 0 Å². The number of hydrogen-bond donors (Lipinski definition) is 1. The summed E-state index contributed by atoms with van der Waals surface area (Å²) < 4.78 is 0. The van der Waals surface area contributed by atoms with E-state index >= 15 is 0 Å². The molecule has 4 heteroatoms. The van der Waals surface area contributed by atoms with E-state index in [-0.39, 0.29) is 11.8 Å². The van der Waals surface area contributed by atoms with Crippen LogP contribution in [-0.2, 0) is 9.59 Å². The number of amides is 1. The third-order valence-electron chi connectivity index (χ3n) is 3.33. The van der Waals surface area contributed by atoms with Gasteiger partial charge in [0, 0.05) is 23.8 Å². The molecule has 0 heterocycles. The maximum atomic E-state index is 11.8. The summed E-state index contributed by atoms with van der Waals surface area (Å²) in [6.45, 7) is 0. The molecule has 0 radical (unpaired) electrons. The first kappa shape index (κ1) is 10.5. The van der Waals surface area contributed by atoms with Crippen LogP contribution >= 0.6 is 0 Å². The highest BCUT2D eigenvalue weighted by molar-refractivity contribution is 5.84. The van der Waals surface area contributed by atoms with Gasteiger partial charge < -0.3 is 15.2 Å². The molecule has 0 spiro atoms. The molecule has 1 amide bonds. The number of nitrogens with one attached hydrogen (secondary N) is 1. The highest BCUT2D eigenvalue weighted by Crippen LogP contribution is 2.31. The quantitative estimate of drug-likeness (QED) is 0.702. The maximum Gasteiger partial charge on any atom is 0.223 e. The summed E-state index contributed by atoms with van der Waals surface area (Å²) in [5.41, 5.74) is 0. The van der Waals surface area contributed by atoms with Crippen molar-refractivity contribution in [3.63, 3.8) is 0 Å². The van der Waals surface area contributed by atoms with Crippen molar-refractivity contribution in [1.82, 2.24) is 5.32 Å². The van der Waals surface area contributed by atoms with Crippen molar-refractivity contribution in [2.45, 2.75) is 44.6 Å². The van der Waals surface area contributed by atoms with E-state index in [0.29, 0.717) is 18.9 Å². The van der Waals surface area contributed by atoms with Crippen molar-refractivity contribution in [2.75, 3.05) is 0 Å². The van der Waals surface area contributed by atoms with E-state index in [1.807, 2.05) is 0 Å². The SMILES string of the molecule is O=C(NC1CC1)[C@H]1CCCC[C@H]1C(=O)[O-]. The first-order chi connectivity index (χ1) is 7.18. The van der Waals surface area contributed by atoms with E-state index in [2.05, 4.69) is 5.32 Å². The third kappa shape index (κ3) is 2.49. The minimum Gasteiger partial charge on any atom is -0.550 e. The Morgan fingerprint density at radius 1 is 1.00 bits per heavy atom. The highest BCUT2D eigenvalue weighted by Gasteiger charge is 2.34. The Labute approximate surface area is 89.0 Å². The molecule has 84 valence electrons. The monoisotopic (exact) mass is 210 g/mol. The molecule has 0 aromatic carbocycles. The van der Waals surface area contributed by atoms with Crippen molar-refractivity contribution in [1.29, 1.82) is 0 Å². The predicted molar refractivity (Wildman–Crippen MR) is 51.6 cm³/mol. The van der Waals surface area contributed by atoms with Gasteiger partial charge in [0.2, 0.25) is 5.91 Å². The summed E-state index contributed by atoms with van der Waals surface area (Å²) in [5.74, 6) is -2.07. The van der Waals surface area contributed by atoms with Crippen LogP contribution < -0.4 is 10.4 Å². The van der Waals surface area contributed by atoms with Gasteiger partial charge in [-0.25, -0.2) is 0 Å². The summed E-state index contributed by atoms with van der Waals surface area (Å²) in [4.78, 5) is 22.6. The lowest BCUT2D eigenvalue weighted by Gasteiger charge is -2.31.